The average molecular weight is 991 g/mol. The van der Waals surface area contributed by atoms with Gasteiger partial charge < -0.3 is 0 Å². The fourth-order valence-corrected chi connectivity index (χ4v) is 15.2. The molecule has 0 saturated carbocycles. The number of fused-ring (bicyclic) bond motifs is 11. The molecular weight excluding hydrogens is 925 g/mol. The van der Waals surface area contributed by atoms with E-state index >= 15 is 0 Å². The van der Waals surface area contributed by atoms with E-state index in [9.17, 15) is 0 Å². The Morgan fingerprint density at radius 1 is 0.195 bits per heavy atom. The highest BCUT2D eigenvalue weighted by atomic mass is 14.5. The molecule has 0 radical (unpaired) electrons. The Kier molecular flexibility index (Phi) is 11.1. The highest BCUT2D eigenvalue weighted by Gasteiger charge is 2.44. The minimum absolute atomic E-state index is 0.0214. The van der Waals surface area contributed by atoms with Gasteiger partial charge in [0.1, 0.15) is 0 Å². The molecule has 77 heavy (non-hydrogen) atoms. The summed E-state index contributed by atoms with van der Waals surface area (Å²) in [6, 6.07) is 84.3. The van der Waals surface area contributed by atoms with E-state index in [4.69, 9.17) is 0 Å². The van der Waals surface area contributed by atoms with Crippen LogP contribution in [0.25, 0.3) is 111 Å². The Bertz CT molecular complexity index is 4170. The third kappa shape index (κ3) is 6.97. The van der Waals surface area contributed by atoms with Crippen LogP contribution in [0.4, 0.5) is 0 Å². The molecule has 0 saturated heterocycles. The summed E-state index contributed by atoms with van der Waals surface area (Å²) in [4.78, 5) is 0. The molecule has 11 aromatic carbocycles. The van der Waals surface area contributed by atoms with Crippen LogP contribution < -0.4 is 0 Å². The summed E-state index contributed by atoms with van der Waals surface area (Å²) in [5.41, 5.74) is 30.0. The second-order valence-electron chi connectivity index (χ2n) is 22.6. The van der Waals surface area contributed by atoms with Crippen LogP contribution in [-0.2, 0) is 16.2 Å². The fourth-order valence-electron chi connectivity index (χ4n) is 15.2. The summed E-state index contributed by atoms with van der Waals surface area (Å²) in [6.07, 6.45) is 6.33. The third-order valence-corrected chi connectivity index (χ3v) is 19.7. The van der Waals surface area contributed by atoms with Crippen LogP contribution in [0.1, 0.15) is 113 Å². The minimum atomic E-state index is -0.0731. The fraction of sp³-hybridized carbons (Fsp3) is 0.195. The molecule has 0 atom stereocenters. The standard InChI is InChI=1S/C77H66/c1-7-75(8-2)69-43-57(49-18-14-13-15-19-49)28-34-63(69)65-36-30-59(45-71(65)75)61-32-38-67-68-39-33-62(48-74(68)77(11-5,12-6)73(67)47-61)60-31-37-66-64-35-29-58(44-70(64)76(9-3,10-4)72(66)46-60)56-27-26-54-41-53(24-25-55(54)42-56)52-23-22-50-20-16-17-21-51(50)40-52/h13-48H,7-12H2,1-6H3. The zero-order chi connectivity index (χ0) is 52.2. The van der Waals surface area contributed by atoms with Crippen molar-refractivity contribution in [3.63, 3.8) is 0 Å². The molecule has 0 amide bonds. The van der Waals surface area contributed by atoms with E-state index in [1.807, 2.05) is 0 Å². The van der Waals surface area contributed by atoms with Crippen LogP contribution in [-0.4, -0.2) is 0 Å². The predicted molar refractivity (Wildman–Crippen MR) is 329 cm³/mol. The van der Waals surface area contributed by atoms with E-state index in [1.54, 1.807) is 0 Å². The highest BCUT2D eigenvalue weighted by Crippen LogP contribution is 2.58. The van der Waals surface area contributed by atoms with Crippen molar-refractivity contribution < 1.29 is 0 Å². The van der Waals surface area contributed by atoms with Gasteiger partial charge in [0.25, 0.3) is 0 Å². The minimum Gasteiger partial charge on any atom is -0.0642 e. The Labute approximate surface area is 456 Å². The molecule has 14 rings (SSSR count). The second-order valence-corrected chi connectivity index (χ2v) is 22.6. The summed E-state index contributed by atoms with van der Waals surface area (Å²) < 4.78 is 0. The molecule has 0 aliphatic heterocycles. The van der Waals surface area contributed by atoms with Crippen molar-refractivity contribution in [3.8, 4) is 89.0 Å². The van der Waals surface area contributed by atoms with Crippen molar-refractivity contribution in [3.05, 3.63) is 252 Å². The predicted octanol–water partition coefficient (Wildman–Crippen LogP) is 21.6. The molecule has 0 unspecified atom stereocenters. The molecular formula is C77H66. The Morgan fingerprint density at radius 2 is 0.416 bits per heavy atom. The van der Waals surface area contributed by atoms with Crippen molar-refractivity contribution in [1.29, 1.82) is 0 Å². The molecule has 0 aromatic heterocycles. The lowest BCUT2D eigenvalue weighted by Gasteiger charge is -2.31. The van der Waals surface area contributed by atoms with Gasteiger partial charge in [-0.1, -0.05) is 205 Å². The molecule has 374 valence electrons. The Morgan fingerprint density at radius 3 is 0.714 bits per heavy atom. The summed E-state index contributed by atoms with van der Waals surface area (Å²) in [5, 5.41) is 5.08. The van der Waals surface area contributed by atoms with Crippen LogP contribution in [0.2, 0.25) is 0 Å². The molecule has 0 N–H and O–H groups in total. The van der Waals surface area contributed by atoms with Gasteiger partial charge in [-0.05, 0) is 237 Å². The largest absolute Gasteiger partial charge is 0.0642 e. The van der Waals surface area contributed by atoms with Gasteiger partial charge >= 0.3 is 0 Å². The maximum Gasteiger partial charge on any atom is 0.0210 e. The zero-order valence-corrected chi connectivity index (χ0v) is 45.5. The van der Waals surface area contributed by atoms with Crippen molar-refractivity contribution in [2.24, 2.45) is 0 Å². The van der Waals surface area contributed by atoms with E-state index in [0.29, 0.717) is 0 Å². The smallest absolute Gasteiger partial charge is 0.0210 e. The second kappa shape index (κ2) is 18.0. The topological polar surface area (TPSA) is 0 Å². The van der Waals surface area contributed by atoms with Gasteiger partial charge in [0.05, 0.1) is 0 Å². The van der Waals surface area contributed by atoms with Crippen molar-refractivity contribution in [2.45, 2.75) is 96.3 Å². The molecule has 0 fully saturated rings. The first-order chi connectivity index (χ1) is 37.8. The highest BCUT2D eigenvalue weighted by molar-refractivity contribution is 5.95. The maximum absolute atomic E-state index is 2.57. The van der Waals surface area contributed by atoms with Crippen molar-refractivity contribution >= 4 is 21.5 Å². The SMILES string of the molecule is CCC1(CC)c2cc(-c3ccccc3)ccc2-c2ccc(-c3ccc4c(c3)C(CC)(CC)c3cc(-c5ccc6c(c5)C(CC)(CC)c5cc(-c7ccc8cc(-c9ccc%10ccccc%10c9)ccc8c7)ccc5-6)ccc3-4)cc21. The van der Waals surface area contributed by atoms with E-state index < -0.39 is 0 Å². The average Bonchev–Trinajstić information content (AvgIpc) is 4.29. The van der Waals surface area contributed by atoms with Crippen molar-refractivity contribution in [1.82, 2.24) is 0 Å². The first kappa shape index (κ1) is 47.4. The third-order valence-electron chi connectivity index (χ3n) is 19.7. The molecule has 3 aliphatic carbocycles. The number of benzene rings is 11. The molecule has 11 aromatic rings. The molecule has 3 aliphatic rings. The number of hydrogen-bond donors (Lipinski definition) is 0. The maximum atomic E-state index is 2.57. The van der Waals surface area contributed by atoms with Crippen LogP contribution >= 0.6 is 0 Å². The number of rotatable bonds is 11. The lowest BCUT2D eigenvalue weighted by atomic mass is 9.72. The first-order valence-electron chi connectivity index (χ1n) is 28.7. The van der Waals surface area contributed by atoms with Crippen molar-refractivity contribution in [2.75, 3.05) is 0 Å². The normalized spacial score (nSPS) is 14.7. The van der Waals surface area contributed by atoms with Gasteiger partial charge in [-0.2, -0.15) is 0 Å². The van der Waals surface area contributed by atoms with Gasteiger partial charge in [0, 0.05) is 16.2 Å². The van der Waals surface area contributed by atoms with Gasteiger partial charge in [0.2, 0.25) is 0 Å². The van der Waals surface area contributed by atoms with Gasteiger partial charge in [0.15, 0.2) is 0 Å². The molecule has 0 nitrogen and oxygen atoms in total. The lowest BCUT2D eigenvalue weighted by molar-refractivity contribution is 0.490. The summed E-state index contributed by atoms with van der Waals surface area (Å²) in [7, 11) is 0. The molecule has 0 heteroatoms. The first-order valence-corrected chi connectivity index (χ1v) is 28.7. The molecule has 0 heterocycles. The van der Waals surface area contributed by atoms with Gasteiger partial charge in [-0.3, -0.25) is 0 Å². The van der Waals surface area contributed by atoms with E-state index in [1.165, 1.54) is 144 Å². The van der Waals surface area contributed by atoms with Crippen LogP contribution in [0.15, 0.2) is 218 Å². The van der Waals surface area contributed by atoms with E-state index in [0.717, 1.165) is 38.5 Å². The number of hydrogen-bond acceptors (Lipinski definition) is 0. The van der Waals surface area contributed by atoms with Gasteiger partial charge in [-0.15, -0.1) is 0 Å². The lowest BCUT2D eigenvalue weighted by Crippen LogP contribution is -2.23. The monoisotopic (exact) mass is 991 g/mol. The van der Waals surface area contributed by atoms with Crippen LogP contribution in [0.5, 0.6) is 0 Å². The Balaban J connectivity index is 0.778. The summed E-state index contributed by atoms with van der Waals surface area (Å²) in [5.74, 6) is 0. The molecule has 0 spiro atoms. The summed E-state index contributed by atoms with van der Waals surface area (Å²) >= 11 is 0. The van der Waals surface area contributed by atoms with E-state index in [-0.39, 0.29) is 16.2 Å². The Hall–Kier alpha value is -8.06. The summed E-state index contributed by atoms with van der Waals surface area (Å²) in [6.45, 7) is 14.4. The van der Waals surface area contributed by atoms with Crippen LogP contribution in [0.3, 0.4) is 0 Å². The van der Waals surface area contributed by atoms with Gasteiger partial charge in [-0.25, -0.2) is 0 Å². The molecule has 0 bridgehead atoms. The quantitative estimate of drug-likeness (QED) is 0.121. The van der Waals surface area contributed by atoms with E-state index in [2.05, 4.69) is 260 Å². The zero-order valence-electron chi connectivity index (χ0n) is 45.5. The van der Waals surface area contributed by atoms with Crippen LogP contribution in [0, 0.1) is 0 Å².